The maximum absolute atomic E-state index is 12.9. The summed E-state index contributed by atoms with van der Waals surface area (Å²) in [6.45, 7) is 4.73. The van der Waals surface area contributed by atoms with E-state index < -0.39 is 10.0 Å². The molecule has 1 amide bonds. The van der Waals surface area contributed by atoms with Gasteiger partial charge in [-0.1, -0.05) is 36.4 Å². The molecule has 0 aliphatic carbocycles. The van der Waals surface area contributed by atoms with Crippen molar-refractivity contribution in [1.82, 2.24) is 4.90 Å². The minimum Gasteiger partial charge on any atom is -0.494 e. The number of carbonyl (C=O) groups is 1. The molecule has 0 aromatic heterocycles. The predicted molar refractivity (Wildman–Crippen MR) is 122 cm³/mol. The molecule has 0 aliphatic rings. The summed E-state index contributed by atoms with van der Waals surface area (Å²) in [5.74, 6) is 0.515. The standard InChI is InChI=1S/C24H26N2O4S/c1-4-30-21-14-12-19(13-15-21)17-26(3)24(27)20-9-7-10-22(16-20)31(28,29)25-23-11-6-5-8-18(23)2/h5-16,25H,4,17H2,1-3H3. The van der Waals surface area contributed by atoms with E-state index in [1.54, 1.807) is 36.2 Å². The monoisotopic (exact) mass is 438 g/mol. The van der Waals surface area contributed by atoms with Crippen LogP contribution in [0.25, 0.3) is 0 Å². The summed E-state index contributed by atoms with van der Waals surface area (Å²) < 4.78 is 33.7. The molecule has 31 heavy (non-hydrogen) atoms. The lowest BCUT2D eigenvalue weighted by molar-refractivity contribution is 0.0785. The maximum atomic E-state index is 12.9. The van der Waals surface area contributed by atoms with Gasteiger partial charge in [0.15, 0.2) is 0 Å². The molecule has 3 aromatic carbocycles. The molecular weight excluding hydrogens is 412 g/mol. The lowest BCUT2D eigenvalue weighted by Crippen LogP contribution is -2.26. The second-order valence-electron chi connectivity index (χ2n) is 7.19. The highest BCUT2D eigenvalue weighted by Gasteiger charge is 2.19. The molecule has 0 atom stereocenters. The van der Waals surface area contributed by atoms with E-state index in [-0.39, 0.29) is 10.8 Å². The van der Waals surface area contributed by atoms with E-state index in [1.807, 2.05) is 50.2 Å². The average Bonchev–Trinajstić information content (AvgIpc) is 2.76. The molecule has 7 heteroatoms. The third kappa shape index (κ3) is 5.64. The van der Waals surface area contributed by atoms with Gasteiger partial charge in [0, 0.05) is 19.2 Å². The van der Waals surface area contributed by atoms with Crippen LogP contribution in [0, 0.1) is 6.92 Å². The lowest BCUT2D eigenvalue weighted by Gasteiger charge is -2.18. The van der Waals surface area contributed by atoms with Gasteiger partial charge in [0.05, 0.1) is 17.2 Å². The molecule has 0 spiro atoms. The van der Waals surface area contributed by atoms with Gasteiger partial charge in [-0.05, 0) is 61.4 Å². The quantitative estimate of drug-likeness (QED) is 0.563. The number of para-hydroxylation sites is 1. The van der Waals surface area contributed by atoms with Crippen LogP contribution >= 0.6 is 0 Å². The normalized spacial score (nSPS) is 11.1. The third-order valence-electron chi connectivity index (χ3n) is 4.78. The van der Waals surface area contributed by atoms with Crippen molar-refractivity contribution in [1.29, 1.82) is 0 Å². The van der Waals surface area contributed by atoms with Crippen LogP contribution in [0.3, 0.4) is 0 Å². The number of hydrogen-bond acceptors (Lipinski definition) is 4. The Morgan fingerprint density at radius 1 is 1.00 bits per heavy atom. The van der Waals surface area contributed by atoms with Crippen LogP contribution in [0.4, 0.5) is 5.69 Å². The fourth-order valence-electron chi connectivity index (χ4n) is 3.11. The molecule has 0 bridgehead atoms. The molecule has 0 saturated carbocycles. The van der Waals surface area contributed by atoms with E-state index in [2.05, 4.69) is 4.72 Å². The number of ether oxygens (including phenoxy) is 1. The Morgan fingerprint density at radius 3 is 2.39 bits per heavy atom. The van der Waals surface area contributed by atoms with Gasteiger partial charge in [0.25, 0.3) is 15.9 Å². The van der Waals surface area contributed by atoms with E-state index in [0.29, 0.717) is 24.4 Å². The number of rotatable bonds is 8. The molecule has 3 rings (SSSR count). The van der Waals surface area contributed by atoms with E-state index in [4.69, 9.17) is 4.74 Å². The Kier molecular flexibility index (Phi) is 6.97. The van der Waals surface area contributed by atoms with Crippen LogP contribution in [0.5, 0.6) is 5.75 Å². The SMILES string of the molecule is CCOc1ccc(CN(C)C(=O)c2cccc(S(=O)(=O)Nc3ccccc3C)c2)cc1. The molecule has 0 fully saturated rings. The zero-order valence-corrected chi connectivity index (χ0v) is 18.6. The molecule has 0 aliphatic heterocycles. The van der Waals surface area contributed by atoms with Gasteiger partial charge in [0.1, 0.15) is 5.75 Å². The minimum absolute atomic E-state index is 0.0380. The van der Waals surface area contributed by atoms with Crippen LogP contribution in [0.15, 0.2) is 77.7 Å². The van der Waals surface area contributed by atoms with Crippen LogP contribution < -0.4 is 9.46 Å². The van der Waals surface area contributed by atoms with Crippen LogP contribution in [0.2, 0.25) is 0 Å². The molecule has 0 unspecified atom stereocenters. The minimum atomic E-state index is -3.82. The number of benzene rings is 3. The first-order chi connectivity index (χ1) is 14.8. The van der Waals surface area contributed by atoms with Gasteiger partial charge < -0.3 is 9.64 Å². The summed E-state index contributed by atoms with van der Waals surface area (Å²) in [5.41, 5.74) is 2.57. The van der Waals surface area contributed by atoms with E-state index in [9.17, 15) is 13.2 Å². The number of carbonyl (C=O) groups excluding carboxylic acids is 1. The predicted octanol–water partition coefficient (Wildman–Crippen LogP) is 4.47. The highest BCUT2D eigenvalue weighted by Crippen LogP contribution is 2.21. The molecule has 6 nitrogen and oxygen atoms in total. The van der Waals surface area contributed by atoms with Crippen molar-refractivity contribution < 1.29 is 17.9 Å². The Morgan fingerprint density at radius 2 is 1.71 bits per heavy atom. The molecule has 3 aromatic rings. The van der Waals surface area contributed by atoms with Crippen molar-refractivity contribution in [2.75, 3.05) is 18.4 Å². The smallest absolute Gasteiger partial charge is 0.261 e. The first kappa shape index (κ1) is 22.4. The van der Waals surface area contributed by atoms with Crippen LogP contribution in [-0.4, -0.2) is 32.9 Å². The van der Waals surface area contributed by atoms with Crippen molar-refractivity contribution in [2.45, 2.75) is 25.3 Å². The van der Waals surface area contributed by atoms with E-state index in [1.165, 1.54) is 12.1 Å². The molecular formula is C24H26N2O4S. The summed E-state index contributed by atoms with van der Waals surface area (Å²) in [4.78, 5) is 14.5. The van der Waals surface area contributed by atoms with E-state index in [0.717, 1.165) is 16.9 Å². The summed E-state index contributed by atoms with van der Waals surface area (Å²) in [6, 6.07) is 20.7. The van der Waals surface area contributed by atoms with Crippen molar-refractivity contribution in [3.8, 4) is 5.75 Å². The molecule has 0 heterocycles. The summed E-state index contributed by atoms with van der Waals surface area (Å²) in [7, 11) is -2.14. The number of amides is 1. The zero-order chi connectivity index (χ0) is 22.4. The highest BCUT2D eigenvalue weighted by atomic mass is 32.2. The van der Waals surface area contributed by atoms with Gasteiger partial charge in [-0.2, -0.15) is 0 Å². The molecule has 0 radical (unpaired) electrons. The van der Waals surface area contributed by atoms with Gasteiger partial charge >= 0.3 is 0 Å². The average molecular weight is 439 g/mol. The summed E-state index contributed by atoms with van der Waals surface area (Å²) in [5, 5.41) is 0. The topological polar surface area (TPSA) is 75.7 Å². The van der Waals surface area contributed by atoms with E-state index >= 15 is 0 Å². The first-order valence-electron chi connectivity index (χ1n) is 9.96. The Bertz CT molecular complexity index is 1160. The number of nitrogens with zero attached hydrogens (tertiary/aromatic N) is 1. The van der Waals surface area contributed by atoms with Gasteiger partial charge in [-0.25, -0.2) is 8.42 Å². The Balaban J connectivity index is 1.75. The third-order valence-corrected chi connectivity index (χ3v) is 6.14. The number of hydrogen-bond donors (Lipinski definition) is 1. The fraction of sp³-hybridized carbons (Fsp3) is 0.208. The van der Waals surface area contributed by atoms with Gasteiger partial charge in [0.2, 0.25) is 0 Å². The largest absolute Gasteiger partial charge is 0.494 e. The summed E-state index contributed by atoms with van der Waals surface area (Å²) in [6.07, 6.45) is 0. The number of anilines is 1. The van der Waals surface area contributed by atoms with Crippen molar-refractivity contribution in [3.63, 3.8) is 0 Å². The highest BCUT2D eigenvalue weighted by molar-refractivity contribution is 7.92. The Labute approximate surface area is 183 Å². The van der Waals surface area contributed by atoms with Crippen LogP contribution in [-0.2, 0) is 16.6 Å². The van der Waals surface area contributed by atoms with Crippen LogP contribution in [0.1, 0.15) is 28.4 Å². The zero-order valence-electron chi connectivity index (χ0n) is 17.8. The molecule has 0 saturated heterocycles. The number of aryl methyl sites for hydroxylation is 1. The number of sulfonamides is 1. The van der Waals surface area contributed by atoms with Crippen molar-refractivity contribution in [3.05, 3.63) is 89.5 Å². The second-order valence-corrected chi connectivity index (χ2v) is 8.87. The second kappa shape index (κ2) is 9.66. The van der Waals surface area contributed by atoms with Gasteiger partial charge in [-0.3, -0.25) is 9.52 Å². The summed E-state index contributed by atoms with van der Waals surface area (Å²) >= 11 is 0. The van der Waals surface area contributed by atoms with Crippen molar-refractivity contribution in [2.24, 2.45) is 0 Å². The molecule has 162 valence electrons. The fourth-order valence-corrected chi connectivity index (χ4v) is 4.29. The number of nitrogens with one attached hydrogen (secondary N) is 1. The maximum Gasteiger partial charge on any atom is 0.261 e. The molecule has 1 N–H and O–H groups in total. The van der Waals surface area contributed by atoms with Crippen molar-refractivity contribution >= 4 is 21.6 Å². The van der Waals surface area contributed by atoms with Gasteiger partial charge in [-0.15, -0.1) is 0 Å². The first-order valence-corrected chi connectivity index (χ1v) is 11.4. The lowest BCUT2D eigenvalue weighted by atomic mass is 10.1. The Hall–Kier alpha value is -3.32.